The van der Waals surface area contributed by atoms with Crippen molar-refractivity contribution in [2.24, 2.45) is 4.99 Å². The van der Waals surface area contributed by atoms with Gasteiger partial charge in [-0.1, -0.05) is 107 Å². The van der Waals surface area contributed by atoms with E-state index in [0.29, 0.717) is 0 Å². The minimum Gasteiger partial charge on any atom is -0.355 e. The molecule has 0 atom stereocenters. The zero-order valence-corrected chi connectivity index (χ0v) is 27.0. The van der Waals surface area contributed by atoms with Gasteiger partial charge in [0.25, 0.3) is 0 Å². The second-order valence-electron chi connectivity index (χ2n) is 12.1. The fourth-order valence-electron chi connectivity index (χ4n) is 6.72. The summed E-state index contributed by atoms with van der Waals surface area (Å²) in [7, 11) is 11.0. The van der Waals surface area contributed by atoms with Crippen LogP contribution in [0.1, 0.15) is 5.56 Å². The number of aromatic nitrogens is 1. The van der Waals surface area contributed by atoms with Crippen LogP contribution in [0.5, 0.6) is 0 Å². The molecule has 8 heteroatoms. The number of rotatable bonds is 6. The molecule has 7 rings (SSSR count). The molecule has 1 N–H and O–H groups in total. The van der Waals surface area contributed by atoms with Crippen molar-refractivity contribution in [3.05, 3.63) is 127 Å². The van der Waals surface area contributed by atoms with Crippen molar-refractivity contribution < 1.29 is 0 Å². The van der Waals surface area contributed by atoms with Crippen LogP contribution < -0.4 is 32.6 Å². The monoisotopic (exact) mass is 585 g/mol. The molecule has 0 fully saturated rings. The van der Waals surface area contributed by atoms with Gasteiger partial charge in [0, 0.05) is 29.9 Å². The summed E-state index contributed by atoms with van der Waals surface area (Å²) < 4.78 is 0. The van der Waals surface area contributed by atoms with Crippen molar-refractivity contribution >= 4 is 111 Å². The first-order valence-corrected chi connectivity index (χ1v) is 15.8. The molecule has 0 aliphatic rings. The largest absolute Gasteiger partial charge is 0.355 e. The van der Waals surface area contributed by atoms with E-state index in [1.807, 2.05) is 12.4 Å². The Morgan fingerprint density at radius 1 is 0.522 bits per heavy atom. The molecule has 3 nitrogen and oxygen atoms in total. The molecule has 7 aromatic rings. The van der Waals surface area contributed by atoms with E-state index in [1.54, 1.807) is 0 Å². The smallest absolute Gasteiger partial charge is 0.141 e. The molecule has 0 saturated heterocycles. The van der Waals surface area contributed by atoms with Crippen LogP contribution in [0.4, 0.5) is 17.1 Å². The topological polar surface area (TPSA) is 37.3 Å². The maximum Gasteiger partial charge on any atom is 0.141 e. The molecule has 1 aromatic heterocycles. The molecule has 1 heterocycles. The Kier molecular flexibility index (Phi) is 7.88. The van der Waals surface area contributed by atoms with Gasteiger partial charge < -0.3 is 5.32 Å². The second-order valence-corrected chi connectivity index (χ2v) is 12.1. The van der Waals surface area contributed by atoms with Gasteiger partial charge in [-0.25, -0.2) is 0 Å². The first-order chi connectivity index (χ1) is 22.4. The van der Waals surface area contributed by atoms with Crippen molar-refractivity contribution in [3.8, 4) is 22.3 Å². The molecule has 0 unspecified atom stereocenters. The average molecular weight is 585 g/mol. The van der Waals surface area contributed by atoms with Gasteiger partial charge in [-0.2, -0.15) is 0 Å². The number of benzene rings is 6. The molecule has 214 valence electrons. The van der Waals surface area contributed by atoms with Gasteiger partial charge >= 0.3 is 0 Å². The Balaban J connectivity index is 1.40. The summed E-state index contributed by atoms with van der Waals surface area (Å²) in [5.41, 5.74) is 15.5. The number of para-hydroxylation sites is 2. The van der Waals surface area contributed by atoms with Crippen LogP contribution in [0.2, 0.25) is 0 Å². The summed E-state index contributed by atoms with van der Waals surface area (Å²) in [5.74, 6) is 0. The summed E-state index contributed by atoms with van der Waals surface area (Å²) in [5, 5.41) is 8.51. The van der Waals surface area contributed by atoms with Crippen molar-refractivity contribution in [2.45, 2.75) is 0 Å². The summed E-state index contributed by atoms with van der Waals surface area (Å²) in [6, 6.07) is 38.6. The SMILES string of the molecule is Bc1c(B)c(B)c(Nc2ccccc2/N=C/c2c3ccccc3c(-c3ccccc3-c3ccncc3)c3ccccc23)c(B)c1B. The van der Waals surface area contributed by atoms with E-state index in [2.05, 4.69) is 165 Å². The first-order valence-electron chi connectivity index (χ1n) is 15.8. The predicted octanol–water partition coefficient (Wildman–Crippen LogP) is 1.51. The summed E-state index contributed by atoms with van der Waals surface area (Å²) >= 11 is 0. The molecular formula is C38H32B5N3. The highest BCUT2D eigenvalue weighted by molar-refractivity contribution is 6.68. The molecule has 0 aliphatic carbocycles. The lowest BCUT2D eigenvalue weighted by Gasteiger charge is -2.22. The van der Waals surface area contributed by atoms with Gasteiger partial charge in [0.05, 0.1) is 11.4 Å². The number of hydrogen-bond acceptors (Lipinski definition) is 3. The minimum absolute atomic E-state index is 0.900. The Hall–Kier alpha value is -5.22. The highest BCUT2D eigenvalue weighted by atomic mass is 14.9. The standard InChI is InChI=1S/C38H32B5N3/c39-33-34(40)36(42)38(37(43)35(33)41)46-31-16-8-7-15-30(31)45-21-29-24-10-2-5-13-27(24)32(28-14-6-3-11-25(28)29)26-12-4-1-9-23(26)22-17-19-44-20-18-22/h1-21,46H,39-43H2/b45-21+. The van der Waals surface area contributed by atoms with E-state index in [9.17, 15) is 0 Å². The van der Waals surface area contributed by atoms with Crippen LogP contribution in [-0.4, -0.2) is 50.4 Å². The molecule has 0 aliphatic heterocycles. The lowest BCUT2D eigenvalue weighted by atomic mass is 9.61. The van der Waals surface area contributed by atoms with Crippen molar-refractivity contribution in [1.82, 2.24) is 4.98 Å². The number of nitrogens with one attached hydrogen (secondary N) is 1. The fourth-order valence-corrected chi connectivity index (χ4v) is 6.72. The lowest BCUT2D eigenvalue weighted by molar-refractivity contribution is 1.33. The van der Waals surface area contributed by atoms with Crippen molar-refractivity contribution in [1.29, 1.82) is 0 Å². The van der Waals surface area contributed by atoms with E-state index in [-0.39, 0.29) is 0 Å². The molecule has 0 amide bonds. The number of nitrogens with zero attached hydrogens (tertiary/aromatic N) is 2. The number of pyridine rings is 1. The van der Waals surface area contributed by atoms with Crippen LogP contribution in [0.25, 0.3) is 43.8 Å². The van der Waals surface area contributed by atoms with Gasteiger partial charge in [0.2, 0.25) is 0 Å². The summed E-state index contributed by atoms with van der Waals surface area (Å²) in [4.78, 5) is 9.43. The van der Waals surface area contributed by atoms with Crippen LogP contribution in [0.15, 0.2) is 127 Å². The quantitative estimate of drug-likeness (QED) is 0.183. The number of anilines is 2. The highest BCUT2D eigenvalue weighted by Gasteiger charge is 2.18. The number of hydrogen-bond donors (Lipinski definition) is 1. The molecule has 0 saturated carbocycles. The van der Waals surface area contributed by atoms with E-state index in [4.69, 9.17) is 4.99 Å². The molecule has 6 aromatic carbocycles. The third kappa shape index (κ3) is 5.14. The Morgan fingerprint density at radius 3 is 1.65 bits per heavy atom. The number of aliphatic imine (C=N–C) groups is 1. The normalized spacial score (nSPS) is 11.4. The van der Waals surface area contributed by atoms with Crippen molar-refractivity contribution in [2.75, 3.05) is 5.32 Å². The predicted molar refractivity (Wildman–Crippen MR) is 214 cm³/mol. The van der Waals surface area contributed by atoms with E-state index >= 15 is 0 Å². The number of fused-ring (bicyclic) bond motifs is 2. The third-order valence-corrected chi connectivity index (χ3v) is 9.66. The minimum atomic E-state index is 0.900. The molecular weight excluding hydrogens is 552 g/mol. The van der Waals surface area contributed by atoms with Crippen LogP contribution in [0, 0.1) is 0 Å². The first kappa shape index (κ1) is 29.5. The van der Waals surface area contributed by atoms with Crippen LogP contribution >= 0.6 is 0 Å². The zero-order chi connectivity index (χ0) is 31.8. The second kappa shape index (κ2) is 12.3. The van der Waals surface area contributed by atoms with Crippen molar-refractivity contribution in [3.63, 3.8) is 0 Å². The van der Waals surface area contributed by atoms with Gasteiger partial charge in [-0.3, -0.25) is 9.98 Å². The van der Waals surface area contributed by atoms with Gasteiger partial charge in [-0.15, -0.1) is 5.46 Å². The molecule has 46 heavy (non-hydrogen) atoms. The maximum absolute atomic E-state index is 5.17. The molecule has 0 radical (unpaired) electrons. The average Bonchev–Trinajstić information content (AvgIpc) is 3.11. The third-order valence-electron chi connectivity index (χ3n) is 9.66. The van der Waals surface area contributed by atoms with E-state index in [0.717, 1.165) is 28.2 Å². The van der Waals surface area contributed by atoms with Gasteiger partial charge in [0.15, 0.2) is 0 Å². The Labute approximate surface area is 275 Å². The van der Waals surface area contributed by atoms with E-state index in [1.165, 1.54) is 65.5 Å². The molecule has 0 spiro atoms. The van der Waals surface area contributed by atoms with E-state index < -0.39 is 0 Å². The summed E-state index contributed by atoms with van der Waals surface area (Å²) in [6.07, 6.45) is 5.77. The van der Waals surface area contributed by atoms with Gasteiger partial charge in [-0.05, 0) is 68.1 Å². The Morgan fingerprint density at radius 2 is 1.02 bits per heavy atom. The lowest BCUT2D eigenvalue weighted by Crippen LogP contribution is -2.55. The van der Waals surface area contributed by atoms with Gasteiger partial charge in [0.1, 0.15) is 39.2 Å². The molecule has 0 bridgehead atoms. The van der Waals surface area contributed by atoms with Crippen LogP contribution in [0.3, 0.4) is 0 Å². The highest BCUT2D eigenvalue weighted by Crippen LogP contribution is 2.42. The Bertz CT molecular complexity index is 2220. The summed E-state index contributed by atoms with van der Waals surface area (Å²) in [6.45, 7) is 0. The fraction of sp³-hybridized carbons (Fsp3) is 0. The zero-order valence-electron chi connectivity index (χ0n) is 27.0. The maximum atomic E-state index is 5.17. The van der Waals surface area contributed by atoms with Crippen LogP contribution in [-0.2, 0) is 0 Å².